The number of rotatable bonds is 5. The molecular weight excluding hydrogens is 250 g/mol. The third-order valence-electron chi connectivity index (χ3n) is 2.00. The van der Waals surface area contributed by atoms with Crippen LogP contribution in [0.15, 0.2) is 59.8 Å². The Morgan fingerprint density at radius 2 is 1.95 bits per heavy atom. The molecule has 0 atom stereocenters. The van der Waals surface area contributed by atoms with Crippen LogP contribution >= 0.6 is 0 Å². The summed E-state index contributed by atoms with van der Waals surface area (Å²) < 4.78 is 32.1. The summed E-state index contributed by atoms with van der Waals surface area (Å²) in [6.45, 7) is 3.64. The molecular formula is C14H16F2N2O. The average Bonchev–Trinajstić information content (AvgIpc) is 2.31. The molecule has 3 N–H and O–H groups in total. The van der Waals surface area contributed by atoms with Crippen LogP contribution in [0.1, 0.15) is 13.8 Å². The van der Waals surface area contributed by atoms with E-state index >= 15 is 0 Å². The smallest absolute Gasteiger partial charge is 0.165 e. The highest BCUT2D eigenvalue weighted by molar-refractivity contribution is 5.31. The number of hydrogen-bond donors (Lipinski definition) is 2. The lowest BCUT2D eigenvalue weighted by atomic mass is 10.2. The number of halogens is 2. The molecule has 0 bridgehead atoms. The minimum Gasteiger partial charge on any atom is -0.454 e. The summed E-state index contributed by atoms with van der Waals surface area (Å²) in [7, 11) is 0. The Balaban J connectivity index is 3.03. The third-order valence-corrected chi connectivity index (χ3v) is 2.00. The first-order valence-corrected chi connectivity index (χ1v) is 5.63. The fourth-order valence-corrected chi connectivity index (χ4v) is 1.30. The molecule has 0 aliphatic carbocycles. The van der Waals surface area contributed by atoms with Gasteiger partial charge in [-0.05, 0) is 32.1 Å². The van der Waals surface area contributed by atoms with Gasteiger partial charge < -0.3 is 10.2 Å². The highest BCUT2D eigenvalue weighted by atomic mass is 19.1. The van der Waals surface area contributed by atoms with Gasteiger partial charge in [0.05, 0.1) is 0 Å². The van der Waals surface area contributed by atoms with E-state index in [4.69, 9.17) is 10.6 Å². The summed E-state index contributed by atoms with van der Waals surface area (Å²) in [5, 5.41) is 0. The van der Waals surface area contributed by atoms with Crippen LogP contribution < -0.4 is 16.0 Å². The lowest BCUT2D eigenvalue weighted by Gasteiger charge is -2.08. The molecule has 19 heavy (non-hydrogen) atoms. The molecule has 0 aliphatic heterocycles. The largest absolute Gasteiger partial charge is 0.454 e. The maximum atomic E-state index is 13.5. The Labute approximate surface area is 111 Å². The molecule has 1 aromatic rings. The Bertz CT molecular complexity index is 518. The topological polar surface area (TPSA) is 47.3 Å². The van der Waals surface area contributed by atoms with Crippen molar-refractivity contribution >= 4 is 0 Å². The molecule has 0 aliphatic rings. The fraction of sp³-hybridized carbons (Fsp3) is 0.143. The van der Waals surface area contributed by atoms with Crippen molar-refractivity contribution in [3.8, 4) is 5.75 Å². The van der Waals surface area contributed by atoms with E-state index in [2.05, 4.69) is 5.43 Å². The monoisotopic (exact) mass is 266 g/mol. The van der Waals surface area contributed by atoms with Crippen molar-refractivity contribution in [1.29, 1.82) is 0 Å². The summed E-state index contributed by atoms with van der Waals surface area (Å²) in [6, 6.07) is 5.91. The number of benzene rings is 1. The lowest BCUT2D eigenvalue weighted by molar-refractivity contribution is 0.409. The predicted octanol–water partition coefficient (Wildman–Crippen LogP) is 3.33. The molecule has 5 heteroatoms. The van der Waals surface area contributed by atoms with Gasteiger partial charge >= 0.3 is 0 Å². The summed E-state index contributed by atoms with van der Waals surface area (Å²) in [5.41, 5.74) is 2.95. The van der Waals surface area contributed by atoms with Crippen LogP contribution in [0.2, 0.25) is 0 Å². The van der Waals surface area contributed by atoms with E-state index in [-0.39, 0.29) is 11.5 Å². The molecule has 0 amide bonds. The molecule has 3 nitrogen and oxygen atoms in total. The van der Waals surface area contributed by atoms with Crippen molar-refractivity contribution < 1.29 is 13.5 Å². The Morgan fingerprint density at radius 3 is 2.53 bits per heavy atom. The summed E-state index contributed by atoms with van der Waals surface area (Å²) in [4.78, 5) is 0. The van der Waals surface area contributed by atoms with Crippen LogP contribution in [0.3, 0.4) is 0 Å². The zero-order valence-corrected chi connectivity index (χ0v) is 10.8. The van der Waals surface area contributed by atoms with Crippen LogP contribution in [0.25, 0.3) is 0 Å². The van der Waals surface area contributed by atoms with Gasteiger partial charge in [-0.1, -0.05) is 17.7 Å². The van der Waals surface area contributed by atoms with Gasteiger partial charge in [0, 0.05) is 12.3 Å². The Morgan fingerprint density at radius 1 is 1.26 bits per heavy atom. The van der Waals surface area contributed by atoms with E-state index < -0.39 is 11.6 Å². The van der Waals surface area contributed by atoms with Crippen LogP contribution in [0, 0.1) is 5.82 Å². The number of hydrazine groups is 1. The number of ether oxygens (including phenoxy) is 1. The summed E-state index contributed by atoms with van der Waals surface area (Å²) in [5.74, 6) is 4.02. The zero-order valence-electron chi connectivity index (χ0n) is 10.8. The molecule has 0 saturated carbocycles. The van der Waals surface area contributed by atoms with Gasteiger partial charge in [-0.15, -0.1) is 0 Å². The molecule has 1 rings (SSSR count). The quantitative estimate of drug-likeness (QED) is 0.372. The molecule has 0 heterocycles. The van der Waals surface area contributed by atoms with Crippen molar-refractivity contribution in [2.75, 3.05) is 0 Å². The highest BCUT2D eigenvalue weighted by Gasteiger charge is 2.05. The van der Waals surface area contributed by atoms with Crippen molar-refractivity contribution in [3.05, 3.63) is 65.6 Å². The number of hydrogen-bond acceptors (Lipinski definition) is 3. The van der Waals surface area contributed by atoms with E-state index in [9.17, 15) is 8.78 Å². The first-order valence-electron chi connectivity index (χ1n) is 5.63. The summed E-state index contributed by atoms with van der Waals surface area (Å²) >= 11 is 0. The van der Waals surface area contributed by atoms with E-state index in [1.807, 2.05) is 13.8 Å². The molecule has 0 saturated heterocycles. The maximum absolute atomic E-state index is 13.5. The van der Waals surface area contributed by atoms with Crippen molar-refractivity contribution in [2.45, 2.75) is 13.8 Å². The Hall–Kier alpha value is -2.14. The van der Waals surface area contributed by atoms with E-state index in [1.54, 1.807) is 18.2 Å². The second kappa shape index (κ2) is 7.33. The zero-order chi connectivity index (χ0) is 14.3. The van der Waals surface area contributed by atoms with E-state index in [1.165, 1.54) is 12.1 Å². The molecule has 0 fully saturated rings. The molecule has 0 spiro atoms. The van der Waals surface area contributed by atoms with E-state index in [0.29, 0.717) is 0 Å². The first kappa shape index (κ1) is 14.9. The standard InChI is InChI=1S/C14H16F2N2O/c1-10(2)7-12(8-11(15)9-18-17)19-14-6-4-3-5-13(14)16/h3-9,18H,17H2,1-2H3/b11-9-,12-8+. The minimum absolute atomic E-state index is 0.0276. The second-order valence-corrected chi connectivity index (χ2v) is 4.00. The Kier molecular flexibility index (Phi) is 5.75. The number of nitrogens with one attached hydrogen (secondary N) is 1. The first-order chi connectivity index (χ1) is 9.02. The van der Waals surface area contributed by atoms with Crippen LogP contribution in [0.4, 0.5) is 8.78 Å². The van der Waals surface area contributed by atoms with Crippen LogP contribution in [-0.4, -0.2) is 0 Å². The normalized spacial score (nSPS) is 12.1. The van der Waals surface area contributed by atoms with Crippen LogP contribution in [-0.2, 0) is 0 Å². The van der Waals surface area contributed by atoms with Gasteiger partial charge in [0.25, 0.3) is 0 Å². The molecule has 102 valence electrons. The van der Waals surface area contributed by atoms with Gasteiger partial charge in [0.15, 0.2) is 11.6 Å². The predicted molar refractivity (Wildman–Crippen MR) is 71.1 cm³/mol. The molecule has 0 unspecified atom stereocenters. The minimum atomic E-state index is -0.633. The molecule has 1 aromatic carbocycles. The number of nitrogens with two attached hydrogens (primary N) is 1. The summed E-state index contributed by atoms with van der Waals surface area (Å²) in [6.07, 6.45) is 3.67. The van der Waals surface area contributed by atoms with Gasteiger partial charge in [-0.2, -0.15) is 0 Å². The van der Waals surface area contributed by atoms with Crippen molar-refractivity contribution in [3.63, 3.8) is 0 Å². The van der Waals surface area contributed by atoms with Gasteiger partial charge in [0.2, 0.25) is 0 Å². The second-order valence-electron chi connectivity index (χ2n) is 4.00. The van der Waals surface area contributed by atoms with Gasteiger partial charge in [0.1, 0.15) is 11.6 Å². The number of allylic oxidation sites excluding steroid dienone is 4. The van der Waals surface area contributed by atoms with E-state index in [0.717, 1.165) is 17.8 Å². The van der Waals surface area contributed by atoms with Gasteiger partial charge in [-0.3, -0.25) is 5.84 Å². The van der Waals surface area contributed by atoms with Crippen molar-refractivity contribution in [1.82, 2.24) is 5.43 Å². The average molecular weight is 266 g/mol. The third kappa shape index (κ3) is 5.35. The van der Waals surface area contributed by atoms with Crippen molar-refractivity contribution in [2.24, 2.45) is 5.84 Å². The highest BCUT2D eigenvalue weighted by Crippen LogP contribution is 2.20. The van der Waals surface area contributed by atoms with Crippen LogP contribution in [0.5, 0.6) is 5.75 Å². The van der Waals surface area contributed by atoms with Gasteiger partial charge in [-0.25, -0.2) is 8.78 Å². The number of para-hydroxylation sites is 1. The molecule has 0 aromatic heterocycles. The lowest BCUT2D eigenvalue weighted by Crippen LogP contribution is -2.13. The fourth-order valence-electron chi connectivity index (χ4n) is 1.30. The maximum Gasteiger partial charge on any atom is 0.165 e. The molecule has 0 radical (unpaired) electrons. The SMILES string of the molecule is CC(C)=C/C(=C\C(F)=C\NN)Oc1ccccc1F.